The molecule has 3 nitrogen and oxygen atoms in total. The highest BCUT2D eigenvalue weighted by atomic mass is 16.1. The quantitative estimate of drug-likeness (QED) is 0.740. The van der Waals surface area contributed by atoms with Crippen molar-refractivity contribution in [2.75, 3.05) is 0 Å². The Labute approximate surface area is 95.9 Å². The smallest absolute Gasteiger partial charge is 0.220 e. The summed E-state index contributed by atoms with van der Waals surface area (Å²) in [6.45, 7) is 1.83. The Kier molecular flexibility index (Phi) is 5.26. The molecule has 3 heteroatoms. The van der Waals surface area contributed by atoms with Gasteiger partial charge in [-0.1, -0.05) is 30.3 Å². The molecule has 0 heterocycles. The minimum Gasteiger partial charge on any atom is -0.353 e. The minimum atomic E-state index is -0.0687. The number of nitrogens with one attached hydrogen (secondary N) is 1. The Morgan fingerprint density at radius 2 is 2.06 bits per heavy atom. The second-order valence-corrected chi connectivity index (χ2v) is 3.86. The normalized spacial score (nSPS) is 11.8. The van der Waals surface area contributed by atoms with Crippen molar-refractivity contribution in [1.29, 1.82) is 0 Å². The van der Waals surface area contributed by atoms with E-state index in [0.717, 1.165) is 18.3 Å². The highest BCUT2D eigenvalue weighted by Gasteiger charge is 2.06. The number of carbonyl (C=O) groups is 2. The van der Waals surface area contributed by atoms with Crippen molar-refractivity contribution in [2.24, 2.45) is 0 Å². The molecule has 0 unspecified atom stereocenters. The van der Waals surface area contributed by atoms with Crippen LogP contribution in [0.25, 0.3) is 0 Å². The van der Waals surface area contributed by atoms with E-state index in [2.05, 4.69) is 5.32 Å². The lowest BCUT2D eigenvalue weighted by Crippen LogP contribution is -2.32. The second-order valence-electron chi connectivity index (χ2n) is 3.86. The van der Waals surface area contributed by atoms with Crippen LogP contribution in [0.1, 0.15) is 25.3 Å². The maximum Gasteiger partial charge on any atom is 0.220 e. The average molecular weight is 219 g/mol. The maximum absolute atomic E-state index is 11.5. The fourth-order valence-electron chi connectivity index (χ4n) is 1.45. The van der Waals surface area contributed by atoms with E-state index in [9.17, 15) is 9.59 Å². The van der Waals surface area contributed by atoms with E-state index >= 15 is 0 Å². The van der Waals surface area contributed by atoms with Gasteiger partial charge in [-0.15, -0.1) is 0 Å². The molecular weight excluding hydrogens is 202 g/mol. The fraction of sp³-hybridized carbons (Fsp3) is 0.385. The summed E-state index contributed by atoms with van der Waals surface area (Å²) >= 11 is 0. The van der Waals surface area contributed by atoms with Gasteiger partial charge in [-0.3, -0.25) is 4.79 Å². The summed E-state index contributed by atoms with van der Waals surface area (Å²) in [5.41, 5.74) is 1.15. The van der Waals surface area contributed by atoms with Crippen LogP contribution in [0.2, 0.25) is 0 Å². The zero-order valence-corrected chi connectivity index (χ0v) is 9.48. The molecule has 0 aromatic heterocycles. The first-order chi connectivity index (χ1) is 7.72. The molecule has 1 aromatic carbocycles. The summed E-state index contributed by atoms with van der Waals surface area (Å²) in [5, 5.41) is 2.78. The number of benzene rings is 1. The molecule has 1 aromatic rings. The van der Waals surface area contributed by atoms with E-state index in [1.165, 1.54) is 0 Å². The fourth-order valence-corrected chi connectivity index (χ4v) is 1.45. The maximum atomic E-state index is 11.5. The third-order valence-electron chi connectivity index (χ3n) is 2.34. The van der Waals surface area contributed by atoms with Crippen molar-refractivity contribution in [3.05, 3.63) is 35.9 Å². The molecule has 0 aliphatic carbocycles. The standard InChI is InChI=1S/C13H17NO2/c1-11(9-10-15)14-13(16)8-7-12-5-3-2-4-6-12/h2-6,10-11H,7-9H2,1H3,(H,14,16)/t11-/m1/s1. The number of aldehydes is 1. The van der Waals surface area contributed by atoms with Gasteiger partial charge < -0.3 is 10.1 Å². The molecule has 0 spiro atoms. The third-order valence-corrected chi connectivity index (χ3v) is 2.34. The van der Waals surface area contributed by atoms with Crippen LogP contribution in [0.15, 0.2) is 30.3 Å². The van der Waals surface area contributed by atoms with Gasteiger partial charge in [0.2, 0.25) is 5.91 Å². The van der Waals surface area contributed by atoms with Crippen molar-refractivity contribution in [3.63, 3.8) is 0 Å². The SMILES string of the molecule is C[C@H](CC=O)NC(=O)CCc1ccccc1. The van der Waals surface area contributed by atoms with Crippen LogP contribution in [0.3, 0.4) is 0 Å². The number of hydrogen-bond donors (Lipinski definition) is 1. The molecule has 0 saturated heterocycles. The topological polar surface area (TPSA) is 46.2 Å². The van der Waals surface area contributed by atoms with Crippen LogP contribution >= 0.6 is 0 Å². The van der Waals surface area contributed by atoms with Crippen LogP contribution in [0.4, 0.5) is 0 Å². The number of aryl methyl sites for hydroxylation is 1. The summed E-state index contributed by atoms with van der Waals surface area (Å²) in [6, 6.07) is 9.81. The van der Waals surface area contributed by atoms with Crippen LogP contribution in [0.5, 0.6) is 0 Å². The molecule has 0 aliphatic rings. The molecule has 0 saturated carbocycles. The summed E-state index contributed by atoms with van der Waals surface area (Å²) in [6.07, 6.45) is 2.40. The van der Waals surface area contributed by atoms with Gasteiger partial charge in [-0.25, -0.2) is 0 Å². The van der Waals surface area contributed by atoms with E-state index < -0.39 is 0 Å². The third kappa shape index (κ3) is 4.73. The highest BCUT2D eigenvalue weighted by Crippen LogP contribution is 2.02. The van der Waals surface area contributed by atoms with Crippen LogP contribution in [-0.2, 0) is 16.0 Å². The van der Waals surface area contributed by atoms with Crippen molar-refractivity contribution in [1.82, 2.24) is 5.32 Å². The van der Waals surface area contributed by atoms with Crippen molar-refractivity contribution in [2.45, 2.75) is 32.2 Å². The number of amides is 1. The van der Waals surface area contributed by atoms with Crippen molar-refractivity contribution in [3.8, 4) is 0 Å². The molecule has 0 fully saturated rings. The Morgan fingerprint density at radius 3 is 2.69 bits per heavy atom. The predicted molar refractivity (Wildman–Crippen MR) is 63.0 cm³/mol. The Bertz CT molecular complexity index is 335. The van der Waals surface area contributed by atoms with Crippen LogP contribution in [-0.4, -0.2) is 18.2 Å². The van der Waals surface area contributed by atoms with Crippen molar-refractivity contribution < 1.29 is 9.59 Å². The number of carbonyl (C=O) groups excluding carboxylic acids is 2. The largest absolute Gasteiger partial charge is 0.353 e. The Hall–Kier alpha value is -1.64. The van der Waals surface area contributed by atoms with Gasteiger partial charge in [0.15, 0.2) is 0 Å². The van der Waals surface area contributed by atoms with Gasteiger partial charge in [-0.05, 0) is 18.9 Å². The van der Waals surface area contributed by atoms with Gasteiger partial charge in [0.1, 0.15) is 6.29 Å². The van der Waals surface area contributed by atoms with E-state index in [-0.39, 0.29) is 11.9 Å². The van der Waals surface area contributed by atoms with E-state index in [1.807, 2.05) is 37.3 Å². The van der Waals surface area contributed by atoms with Gasteiger partial charge in [0.25, 0.3) is 0 Å². The molecule has 0 radical (unpaired) electrons. The summed E-state index contributed by atoms with van der Waals surface area (Å²) in [5.74, 6) is -0.00166. The molecule has 86 valence electrons. The lowest BCUT2D eigenvalue weighted by Gasteiger charge is -2.10. The zero-order chi connectivity index (χ0) is 11.8. The zero-order valence-electron chi connectivity index (χ0n) is 9.48. The molecule has 1 amide bonds. The Morgan fingerprint density at radius 1 is 1.38 bits per heavy atom. The molecule has 0 bridgehead atoms. The molecular formula is C13H17NO2. The average Bonchev–Trinajstić information content (AvgIpc) is 2.28. The molecule has 0 aliphatic heterocycles. The first-order valence-corrected chi connectivity index (χ1v) is 5.49. The number of hydrogen-bond acceptors (Lipinski definition) is 2. The van der Waals surface area contributed by atoms with Crippen LogP contribution in [0, 0.1) is 0 Å². The minimum absolute atomic E-state index is 0.00166. The first kappa shape index (κ1) is 12.4. The first-order valence-electron chi connectivity index (χ1n) is 5.49. The lowest BCUT2D eigenvalue weighted by atomic mass is 10.1. The summed E-state index contributed by atoms with van der Waals surface area (Å²) < 4.78 is 0. The Balaban J connectivity index is 2.28. The highest BCUT2D eigenvalue weighted by molar-refractivity contribution is 5.76. The predicted octanol–water partition coefficient (Wildman–Crippen LogP) is 1.71. The van der Waals surface area contributed by atoms with Crippen LogP contribution < -0.4 is 5.32 Å². The van der Waals surface area contributed by atoms with Gasteiger partial charge in [-0.2, -0.15) is 0 Å². The second kappa shape index (κ2) is 6.77. The summed E-state index contributed by atoms with van der Waals surface area (Å²) in [7, 11) is 0. The van der Waals surface area contributed by atoms with Gasteiger partial charge in [0, 0.05) is 18.9 Å². The monoisotopic (exact) mass is 219 g/mol. The van der Waals surface area contributed by atoms with Crippen molar-refractivity contribution >= 4 is 12.2 Å². The number of rotatable bonds is 6. The van der Waals surface area contributed by atoms with E-state index in [0.29, 0.717) is 12.8 Å². The molecule has 1 atom stereocenters. The van der Waals surface area contributed by atoms with Gasteiger partial charge >= 0.3 is 0 Å². The molecule has 1 N–H and O–H groups in total. The van der Waals surface area contributed by atoms with E-state index in [1.54, 1.807) is 0 Å². The molecule has 16 heavy (non-hydrogen) atoms. The van der Waals surface area contributed by atoms with E-state index in [4.69, 9.17) is 0 Å². The van der Waals surface area contributed by atoms with Gasteiger partial charge in [0.05, 0.1) is 0 Å². The summed E-state index contributed by atoms with van der Waals surface area (Å²) in [4.78, 5) is 21.7. The lowest BCUT2D eigenvalue weighted by molar-refractivity contribution is -0.121. The molecule has 1 rings (SSSR count).